The van der Waals surface area contributed by atoms with Crippen LogP contribution >= 0.6 is 24.0 Å². The van der Waals surface area contributed by atoms with Crippen molar-refractivity contribution in [3.63, 3.8) is 0 Å². The van der Waals surface area contributed by atoms with E-state index < -0.39 is 0 Å². The standard InChI is InChI=1S/C11H15ClN2.ClH/c12-10-3-1-2-9(6-10)7-14-5-4-11(13)8-14;/h1-3,6,11H,4-5,7-8,13H2;1H/t11-;/m0./s1. The van der Waals surface area contributed by atoms with Gasteiger partial charge in [-0.3, -0.25) is 4.90 Å². The lowest BCUT2D eigenvalue weighted by atomic mass is 10.2. The number of halogens is 2. The highest BCUT2D eigenvalue weighted by Gasteiger charge is 2.18. The Bertz CT molecular complexity index is 317. The Kier molecular flexibility index (Phi) is 4.87. The number of nitrogens with zero attached hydrogens (tertiary/aromatic N) is 1. The normalized spacial score (nSPS) is 21.3. The maximum atomic E-state index is 5.92. The Morgan fingerprint density at radius 1 is 1.47 bits per heavy atom. The van der Waals surface area contributed by atoms with E-state index in [2.05, 4.69) is 11.0 Å². The van der Waals surface area contributed by atoms with Crippen molar-refractivity contribution in [3.05, 3.63) is 34.9 Å². The van der Waals surface area contributed by atoms with Crippen molar-refractivity contribution in [1.29, 1.82) is 0 Å². The van der Waals surface area contributed by atoms with Gasteiger partial charge in [0.2, 0.25) is 0 Å². The summed E-state index contributed by atoms with van der Waals surface area (Å²) in [4.78, 5) is 2.37. The molecule has 1 atom stereocenters. The smallest absolute Gasteiger partial charge is 0.0409 e. The fraction of sp³-hybridized carbons (Fsp3) is 0.455. The van der Waals surface area contributed by atoms with Crippen LogP contribution in [0.25, 0.3) is 0 Å². The number of likely N-dealkylation sites (tertiary alicyclic amines) is 1. The molecule has 4 heteroatoms. The quantitative estimate of drug-likeness (QED) is 0.868. The van der Waals surface area contributed by atoms with E-state index in [4.69, 9.17) is 17.3 Å². The van der Waals surface area contributed by atoms with Gasteiger partial charge in [0.1, 0.15) is 0 Å². The van der Waals surface area contributed by atoms with E-state index in [1.54, 1.807) is 0 Å². The predicted molar refractivity (Wildman–Crippen MR) is 66.6 cm³/mol. The van der Waals surface area contributed by atoms with Gasteiger partial charge in [0.25, 0.3) is 0 Å². The van der Waals surface area contributed by atoms with Crippen molar-refractivity contribution < 1.29 is 0 Å². The highest BCUT2D eigenvalue weighted by molar-refractivity contribution is 6.30. The fourth-order valence-electron chi connectivity index (χ4n) is 1.90. The largest absolute Gasteiger partial charge is 0.326 e. The predicted octanol–water partition coefficient (Wildman–Crippen LogP) is 2.29. The minimum atomic E-state index is 0. The van der Waals surface area contributed by atoms with Crippen molar-refractivity contribution in [1.82, 2.24) is 4.90 Å². The number of hydrogen-bond acceptors (Lipinski definition) is 2. The Labute approximate surface area is 102 Å². The van der Waals surface area contributed by atoms with E-state index in [-0.39, 0.29) is 12.4 Å². The zero-order valence-electron chi connectivity index (χ0n) is 8.53. The lowest BCUT2D eigenvalue weighted by Crippen LogP contribution is -2.26. The fourth-order valence-corrected chi connectivity index (χ4v) is 2.11. The first-order valence-electron chi connectivity index (χ1n) is 4.96. The molecule has 1 heterocycles. The second-order valence-electron chi connectivity index (χ2n) is 3.91. The van der Waals surface area contributed by atoms with Crippen LogP contribution in [0.15, 0.2) is 24.3 Å². The van der Waals surface area contributed by atoms with E-state index in [1.165, 1.54) is 5.56 Å². The summed E-state index contributed by atoms with van der Waals surface area (Å²) in [6, 6.07) is 8.38. The molecule has 0 aromatic heterocycles. The third-order valence-corrected chi connectivity index (χ3v) is 2.84. The van der Waals surface area contributed by atoms with Gasteiger partial charge in [0, 0.05) is 30.7 Å². The Morgan fingerprint density at radius 3 is 2.87 bits per heavy atom. The summed E-state index contributed by atoms with van der Waals surface area (Å²) in [5.74, 6) is 0. The molecule has 2 N–H and O–H groups in total. The topological polar surface area (TPSA) is 29.3 Å². The van der Waals surface area contributed by atoms with E-state index in [9.17, 15) is 0 Å². The highest BCUT2D eigenvalue weighted by Crippen LogP contribution is 2.15. The molecular formula is C11H16Cl2N2. The monoisotopic (exact) mass is 246 g/mol. The summed E-state index contributed by atoms with van der Waals surface area (Å²) in [7, 11) is 0. The van der Waals surface area contributed by atoms with Crippen LogP contribution in [-0.2, 0) is 6.54 Å². The first kappa shape index (κ1) is 12.8. The number of nitrogens with two attached hydrogens (primary N) is 1. The van der Waals surface area contributed by atoms with Gasteiger partial charge < -0.3 is 5.73 Å². The van der Waals surface area contributed by atoms with Crippen LogP contribution in [0.4, 0.5) is 0 Å². The van der Waals surface area contributed by atoms with Gasteiger partial charge in [-0.05, 0) is 24.1 Å². The zero-order valence-corrected chi connectivity index (χ0v) is 10.1. The summed E-state index contributed by atoms with van der Waals surface area (Å²) < 4.78 is 0. The molecule has 1 saturated heterocycles. The van der Waals surface area contributed by atoms with E-state index in [0.717, 1.165) is 31.1 Å². The minimum Gasteiger partial charge on any atom is -0.326 e. The zero-order chi connectivity index (χ0) is 9.97. The molecule has 0 aliphatic carbocycles. The van der Waals surface area contributed by atoms with Crippen LogP contribution in [0, 0.1) is 0 Å². The first-order valence-corrected chi connectivity index (χ1v) is 5.34. The molecule has 0 radical (unpaired) electrons. The molecule has 1 fully saturated rings. The Morgan fingerprint density at radius 2 is 2.27 bits per heavy atom. The average Bonchev–Trinajstić information content (AvgIpc) is 2.51. The first-order chi connectivity index (χ1) is 6.74. The summed E-state index contributed by atoms with van der Waals surface area (Å²) in [6.07, 6.45) is 1.11. The third-order valence-electron chi connectivity index (χ3n) is 2.60. The Balaban J connectivity index is 0.00000112. The van der Waals surface area contributed by atoms with Gasteiger partial charge in [-0.25, -0.2) is 0 Å². The van der Waals surface area contributed by atoms with Gasteiger partial charge >= 0.3 is 0 Å². The van der Waals surface area contributed by atoms with Gasteiger partial charge in [-0.15, -0.1) is 12.4 Å². The molecule has 1 aliphatic rings. The summed E-state index contributed by atoms with van der Waals surface area (Å²) in [5.41, 5.74) is 7.11. The van der Waals surface area contributed by atoms with Gasteiger partial charge in [-0.2, -0.15) is 0 Å². The molecule has 0 saturated carbocycles. The molecule has 1 aromatic carbocycles. The van der Waals surface area contributed by atoms with Crippen LogP contribution in [-0.4, -0.2) is 24.0 Å². The average molecular weight is 247 g/mol. The minimum absolute atomic E-state index is 0. The van der Waals surface area contributed by atoms with Gasteiger partial charge in [-0.1, -0.05) is 23.7 Å². The molecular weight excluding hydrogens is 231 g/mol. The molecule has 2 rings (SSSR count). The number of benzene rings is 1. The van der Waals surface area contributed by atoms with E-state index in [0.29, 0.717) is 6.04 Å². The molecule has 84 valence electrons. The van der Waals surface area contributed by atoms with Crippen LogP contribution in [0.1, 0.15) is 12.0 Å². The number of hydrogen-bond donors (Lipinski definition) is 1. The maximum Gasteiger partial charge on any atom is 0.0409 e. The van der Waals surface area contributed by atoms with Crippen LogP contribution in [0.3, 0.4) is 0 Å². The summed E-state index contributed by atoms with van der Waals surface area (Å²) >= 11 is 5.92. The Hall–Kier alpha value is -0.280. The molecule has 15 heavy (non-hydrogen) atoms. The molecule has 1 aliphatic heterocycles. The van der Waals surface area contributed by atoms with Crippen LogP contribution in [0.2, 0.25) is 5.02 Å². The SMILES string of the molecule is Cl.N[C@H]1CCN(Cc2cccc(Cl)c2)C1. The molecule has 1 aromatic rings. The van der Waals surface area contributed by atoms with Gasteiger partial charge in [0.15, 0.2) is 0 Å². The summed E-state index contributed by atoms with van der Waals surface area (Å²) in [6.45, 7) is 3.08. The van der Waals surface area contributed by atoms with Crippen molar-refractivity contribution in [2.45, 2.75) is 19.0 Å². The molecule has 2 nitrogen and oxygen atoms in total. The van der Waals surface area contributed by atoms with E-state index >= 15 is 0 Å². The highest BCUT2D eigenvalue weighted by atomic mass is 35.5. The molecule has 0 unspecified atom stereocenters. The summed E-state index contributed by atoms with van der Waals surface area (Å²) in [5, 5.41) is 0.811. The third kappa shape index (κ3) is 3.65. The number of rotatable bonds is 2. The molecule has 0 spiro atoms. The van der Waals surface area contributed by atoms with E-state index in [1.807, 2.05) is 18.2 Å². The lowest BCUT2D eigenvalue weighted by molar-refractivity contribution is 0.327. The second kappa shape index (κ2) is 5.71. The van der Waals surface area contributed by atoms with Gasteiger partial charge in [0.05, 0.1) is 0 Å². The second-order valence-corrected chi connectivity index (χ2v) is 4.35. The molecule has 0 bridgehead atoms. The van der Waals surface area contributed by atoms with Crippen molar-refractivity contribution in [2.75, 3.05) is 13.1 Å². The van der Waals surface area contributed by atoms with Crippen LogP contribution in [0.5, 0.6) is 0 Å². The van der Waals surface area contributed by atoms with Crippen molar-refractivity contribution in [2.24, 2.45) is 5.73 Å². The molecule has 0 amide bonds. The van der Waals surface area contributed by atoms with Crippen molar-refractivity contribution >= 4 is 24.0 Å². The van der Waals surface area contributed by atoms with Crippen LogP contribution < -0.4 is 5.73 Å². The van der Waals surface area contributed by atoms with Crippen molar-refractivity contribution in [3.8, 4) is 0 Å². The maximum absolute atomic E-state index is 5.92. The lowest BCUT2D eigenvalue weighted by Gasteiger charge is -2.14.